The predicted molar refractivity (Wildman–Crippen MR) is 77.9 cm³/mol. The van der Waals surface area contributed by atoms with E-state index in [0.29, 0.717) is 11.3 Å². The van der Waals surface area contributed by atoms with Crippen LogP contribution in [0.5, 0.6) is 0 Å². The summed E-state index contributed by atoms with van der Waals surface area (Å²) in [7, 11) is -6.52. The van der Waals surface area contributed by atoms with E-state index in [1.807, 2.05) is 12.1 Å². The lowest BCUT2D eigenvalue weighted by Crippen LogP contribution is -2.15. The highest BCUT2D eigenvalue weighted by atomic mass is 32.2. The molecule has 1 aromatic heterocycles. The number of rotatable bonds is 4. The Hall–Kier alpha value is -1.52. The number of aliphatic hydroxyl groups is 2. The summed E-state index contributed by atoms with van der Waals surface area (Å²) in [6.45, 7) is 0. The van der Waals surface area contributed by atoms with Crippen molar-refractivity contribution in [2.45, 2.75) is 5.75 Å². The Morgan fingerprint density at radius 3 is 2.18 bits per heavy atom. The Labute approximate surface area is 125 Å². The van der Waals surface area contributed by atoms with E-state index >= 15 is 0 Å². The predicted octanol–water partition coefficient (Wildman–Crippen LogP) is 2.11. The van der Waals surface area contributed by atoms with Gasteiger partial charge >= 0.3 is 12.9 Å². The van der Waals surface area contributed by atoms with Crippen molar-refractivity contribution in [2.24, 2.45) is 0 Å². The number of hydrogen-bond donors (Lipinski definition) is 2. The van der Waals surface area contributed by atoms with Crippen LogP contribution >= 0.6 is 0 Å². The second-order valence-electron chi connectivity index (χ2n) is 4.10. The van der Waals surface area contributed by atoms with Crippen LogP contribution in [-0.4, -0.2) is 29.3 Å². The molecule has 2 aromatic rings. The van der Waals surface area contributed by atoms with Crippen LogP contribution in [0.25, 0.3) is 11.0 Å². The Kier molecular flexibility index (Phi) is 6.91. The number of fused-ring (bicyclic) bond motifs is 1. The largest absolute Gasteiger partial charge is 0.673 e. The highest BCUT2D eigenvalue weighted by Gasteiger charge is 2.20. The molecule has 0 aliphatic rings. The topological polar surface area (TPSA) is 70.7 Å². The first-order chi connectivity index (χ1) is 10.2. The van der Waals surface area contributed by atoms with E-state index in [1.165, 1.54) is 6.07 Å². The summed E-state index contributed by atoms with van der Waals surface area (Å²) in [5.74, 6) is 0.329. The molecule has 0 aliphatic carbocycles. The van der Waals surface area contributed by atoms with Gasteiger partial charge in [-0.3, -0.25) is 0 Å². The van der Waals surface area contributed by atoms with E-state index in [9.17, 15) is 22.1 Å². The van der Waals surface area contributed by atoms with Crippen LogP contribution in [0, 0.1) is 0 Å². The molecule has 0 aliphatic heterocycles. The average Bonchev–Trinajstić information content (AvgIpc) is 2.42. The number of para-hydroxylation sites is 1. The van der Waals surface area contributed by atoms with Gasteiger partial charge in [0.15, 0.2) is 0 Å². The molecular formula is C12H13BF4O4S. The van der Waals surface area contributed by atoms with Gasteiger partial charge in [0.1, 0.15) is 11.3 Å². The molecule has 0 unspecified atom stereocenters. The summed E-state index contributed by atoms with van der Waals surface area (Å²) in [6.07, 6.45) is 0. The van der Waals surface area contributed by atoms with Crippen LogP contribution in [-0.2, 0) is 16.6 Å². The van der Waals surface area contributed by atoms with E-state index in [-0.39, 0.29) is 11.9 Å². The minimum absolute atomic E-state index is 0.0783. The van der Waals surface area contributed by atoms with Crippen molar-refractivity contribution in [3.8, 4) is 0 Å². The smallest absolute Gasteiger partial charge is 0.423 e. The zero-order chi connectivity index (χ0) is 16.8. The van der Waals surface area contributed by atoms with Gasteiger partial charge in [-0.05, 0) is 6.07 Å². The number of halogens is 4. The highest BCUT2D eigenvalue weighted by Crippen LogP contribution is 2.19. The fourth-order valence-electron chi connectivity index (χ4n) is 1.65. The monoisotopic (exact) mass is 340 g/mol. The summed E-state index contributed by atoms with van der Waals surface area (Å²) in [6, 6.07) is 8.68. The van der Waals surface area contributed by atoms with E-state index in [0.717, 1.165) is 10.9 Å². The number of benzene rings is 1. The van der Waals surface area contributed by atoms with Gasteiger partial charge in [-0.15, -0.1) is 0 Å². The van der Waals surface area contributed by atoms with Gasteiger partial charge in [-0.25, -0.2) is 4.79 Å². The molecule has 0 bridgehead atoms. The molecule has 0 saturated carbocycles. The third-order valence-electron chi connectivity index (χ3n) is 2.46. The maximum atomic E-state index is 11.4. The quantitative estimate of drug-likeness (QED) is 0.387. The number of aliphatic hydroxyl groups excluding tert-OH is 2. The first-order valence-electron chi connectivity index (χ1n) is 5.99. The Bertz CT molecular complexity index is 651. The fourth-order valence-corrected chi connectivity index (χ4v) is 2.59. The molecule has 0 amide bonds. The zero-order valence-corrected chi connectivity index (χ0v) is 12.0. The van der Waals surface area contributed by atoms with Crippen molar-refractivity contribution in [2.75, 3.05) is 11.9 Å². The maximum Gasteiger partial charge on any atom is 0.673 e. The highest BCUT2D eigenvalue weighted by molar-refractivity contribution is 7.95. The van der Waals surface area contributed by atoms with Gasteiger partial charge in [0, 0.05) is 27.9 Å². The van der Waals surface area contributed by atoms with Crippen molar-refractivity contribution in [3.63, 3.8) is 0 Å². The van der Waals surface area contributed by atoms with Crippen LogP contribution in [0.2, 0.25) is 0 Å². The second-order valence-corrected chi connectivity index (χ2v) is 6.13. The molecule has 0 fully saturated rings. The van der Waals surface area contributed by atoms with Crippen molar-refractivity contribution in [1.82, 2.24) is 0 Å². The summed E-state index contributed by atoms with van der Waals surface area (Å²) in [5, 5.41) is 19.0. The standard InChI is InChI=1S/C12H13O4S.BF4/c13-7-17(8-14)6-9-5-12(15)16-11-4-2-1-3-10(9)11;2-1(3,4)5/h1-5,13-14H,6-8H2;/q+1;-1. The van der Waals surface area contributed by atoms with E-state index in [2.05, 4.69) is 0 Å². The Morgan fingerprint density at radius 1 is 1.09 bits per heavy atom. The SMILES string of the molecule is F[B-](F)(F)F.O=c1cc(C[S+](CO)CO)c2ccccc2o1. The van der Waals surface area contributed by atoms with Crippen LogP contribution in [0.4, 0.5) is 17.3 Å². The molecule has 4 nitrogen and oxygen atoms in total. The molecular weight excluding hydrogens is 327 g/mol. The molecule has 10 heteroatoms. The van der Waals surface area contributed by atoms with Crippen LogP contribution < -0.4 is 5.63 Å². The number of hydrogen-bond acceptors (Lipinski definition) is 4. The summed E-state index contributed by atoms with van der Waals surface area (Å²) in [5.41, 5.74) is 0.941. The molecule has 2 N–H and O–H groups in total. The van der Waals surface area contributed by atoms with Crippen LogP contribution in [0.3, 0.4) is 0 Å². The third kappa shape index (κ3) is 6.50. The molecule has 1 heterocycles. The molecule has 1 aromatic carbocycles. The lowest BCUT2D eigenvalue weighted by atomic mass is 10.1. The fraction of sp³-hybridized carbons (Fsp3) is 0.250. The van der Waals surface area contributed by atoms with Gasteiger partial charge in [-0.2, -0.15) is 0 Å². The average molecular weight is 340 g/mol. The molecule has 22 heavy (non-hydrogen) atoms. The minimum atomic E-state index is -6.00. The van der Waals surface area contributed by atoms with Gasteiger partial charge in [0.2, 0.25) is 11.9 Å². The van der Waals surface area contributed by atoms with Crippen molar-refractivity contribution in [1.29, 1.82) is 0 Å². The van der Waals surface area contributed by atoms with Gasteiger partial charge in [0.05, 0.1) is 0 Å². The zero-order valence-electron chi connectivity index (χ0n) is 11.2. The lowest BCUT2D eigenvalue weighted by molar-refractivity contribution is 0.347. The van der Waals surface area contributed by atoms with E-state index in [1.54, 1.807) is 12.1 Å². The summed E-state index contributed by atoms with van der Waals surface area (Å²) >= 11 is 0. The molecule has 122 valence electrons. The lowest BCUT2D eigenvalue weighted by Gasteiger charge is -2.05. The summed E-state index contributed by atoms with van der Waals surface area (Å²) < 4.78 is 44.1. The molecule has 0 spiro atoms. The van der Waals surface area contributed by atoms with Gasteiger partial charge in [-0.1, -0.05) is 18.2 Å². The molecule has 0 saturated heterocycles. The third-order valence-corrected chi connectivity index (χ3v) is 3.91. The Balaban J connectivity index is 0.000000422. The van der Waals surface area contributed by atoms with E-state index < -0.39 is 23.8 Å². The van der Waals surface area contributed by atoms with Crippen LogP contribution in [0.15, 0.2) is 39.5 Å². The maximum absolute atomic E-state index is 11.4. The van der Waals surface area contributed by atoms with Gasteiger partial charge in [0.25, 0.3) is 0 Å². The van der Waals surface area contributed by atoms with Crippen molar-refractivity contribution < 1.29 is 31.9 Å². The first kappa shape index (κ1) is 18.5. The first-order valence-corrected chi connectivity index (χ1v) is 7.72. The van der Waals surface area contributed by atoms with Crippen molar-refractivity contribution in [3.05, 3.63) is 46.3 Å². The van der Waals surface area contributed by atoms with E-state index in [4.69, 9.17) is 14.6 Å². The normalized spacial score (nSPS) is 11.4. The minimum Gasteiger partial charge on any atom is -0.423 e. The second kappa shape index (κ2) is 8.21. The molecule has 2 rings (SSSR count). The molecule has 0 atom stereocenters. The summed E-state index contributed by atoms with van der Waals surface area (Å²) in [4.78, 5) is 11.4. The Morgan fingerprint density at radius 2 is 1.64 bits per heavy atom. The molecule has 0 radical (unpaired) electrons. The van der Waals surface area contributed by atoms with Gasteiger partial charge < -0.3 is 31.9 Å². The van der Waals surface area contributed by atoms with Crippen molar-refractivity contribution >= 4 is 29.1 Å². The van der Waals surface area contributed by atoms with Crippen LogP contribution in [0.1, 0.15) is 5.56 Å².